The first kappa shape index (κ1) is 65.8. The monoisotopic (exact) mass is 1620 g/mol. The van der Waals surface area contributed by atoms with Gasteiger partial charge in [0.25, 0.3) is 0 Å². The van der Waals surface area contributed by atoms with Gasteiger partial charge in [-0.3, -0.25) is 9.59 Å². The van der Waals surface area contributed by atoms with Crippen molar-refractivity contribution >= 4 is 55.1 Å². The summed E-state index contributed by atoms with van der Waals surface area (Å²) in [6.07, 6.45) is 6.74. The molecule has 14 nitrogen and oxygen atoms in total. The van der Waals surface area contributed by atoms with Crippen LogP contribution in [0.3, 0.4) is 0 Å². The number of ketones is 2. The number of hydrogen-bond donors (Lipinski definition) is 0. The number of carbonyl (C=O) groups is 2. The van der Waals surface area contributed by atoms with Gasteiger partial charge in [0, 0.05) is 162 Å². The van der Waals surface area contributed by atoms with Crippen molar-refractivity contribution in [2.75, 3.05) is 52.4 Å². The summed E-state index contributed by atoms with van der Waals surface area (Å²) in [5, 5.41) is 0. The van der Waals surface area contributed by atoms with Gasteiger partial charge in [-0.25, -0.2) is 0 Å². The van der Waals surface area contributed by atoms with Gasteiger partial charge in [-0.2, -0.15) is 11.8 Å². The molecule has 4 aliphatic rings. The Labute approximate surface area is 414 Å². The van der Waals surface area contributed by atoms with Crippen LogP contribution in [-0.4, -0.2) is 81.1 Å². The van der Waals surface area contributed by atoms with Gasteiger partial charge in [0.15, 0.2) is 0 Å². The van der Waals surface area contributed by atoms with E-state index in [4.69, 9.17) is 0 Å². The van der Waals surface area contributed by atoms with Crippen LogP contribution in [0.1, 0.15) is 65.2 Å². The van der Waals surface area contributed by atoms with Crippen molar-refractivity contribution in [3.8, 4) is 0 Å². The third kappa shape index (κ3) is 29.2. The minimum Gasteiger partial charge on any atom is -0.409 e. The smallest absolute Gasteiger partial charge is 0.134 e. The minimum atomic E-state index is -2.16. The molecule has 2 atom stereocenters. The first-order valence-corrected chi connectivity index (χ1v) is 18.8. The number of Topliss-reactive ketones (excluding diaryl/α,β-unsaturated/α-hetero) is 2. The molecule has 0 amide bonds. The van der Waals surface area contributed by atoms with Gasteiger partial charge < -0.3 is 64.7 Å². The van der Waals surface area contributed by atoms with Crippen LogP contribution in [0.25, 0.3) is 0 Å². The van der Waals surface area contributed by atoms with E-state index in [-0.39, 0.29) is 179 Å². The van der Waals surface area contributed by atoms with Crippen molar-refractivity contribution in [1.29, 1.82) is 0 Å². The zero-order valence-corrected chi connectivity index (χ0v) is 49.0. The molecule has 2 radical (unpaired) electrons. The molecule has 0 aromatic heterocycles. The Morgan fingerprint density at radius 2 is 0.800 bits per heavy atom. The minimum absolute atomic E-state index is 0. The molecule has 24 heteroatoms. The fourth-order valence-electron chi connectivity index (χ4n) is 5.04. The van der Waals surface area contributed by atoms with Crippen LogP contribution < -0.4 is 0 Å². The maximum atomic E-state index is 10.9. The quantitative estimate of drug-likeness (QED) is 0.283. The summed E-state index contributed by atoms with van der Waals surface area (Å²) in [7, 11) is -8.31. The van der Waals surface area contributed by atoms with Gasteiger partial charge in [0.1, 0.15) is 11.6 Å². The molecule has 2 unspecified atom stereocenters. The third-order valence-electron chi connectivity index (χ3n) is 7.89. The molecule has 0 aliphatic carbocycles. The molecular formula is C26H46N4O10S4W4Y2-6. The molecular weight excluding hydrogens is 1570 g/mol. The molecule has 50 heavy (non-hydrogen) atoms. The molecule has 4 saturated heterocycles. The second-order valence-corrected chi connectivity index (χ2v) is 15.1. The predicted molar refractivity (Wildman–Crippen MR) is 164 cm³/mol. The second kappa shape index (κ2) is 37.2. The number of nitrogens with zero attached hydrogens (tertiary/aromatic N) is 4. The molecule has 0 saturated carbocycles. The average Bonchev–Trinajstić information content (AvgIpc) is 2.98. The number of piperidine rings is 4. The summed E-state index contributed by atoms with van der Waals surface area (Å²) in [5.41, 5.74) is 0. The summed E-state index contributed by atoms with van der Waals surface area (Å²) >= 11 is 0. The Balaban J connectivity index is -0.000000124. The van der Waals surface area contributed by atoms with Crippen LogP contribution in [0.2, 0.25) is 0 Å². The summed E-state index contributed by atoms with van der Waals surface area (Å²) < 4.78 is 89.1. The summed E-state index contributed by atoms with van der Waals surface area (Å²) in [6, 6.07) is 0. The molecule has 290 valence electrons. The summed E-state index contributed by atoms with van der Waals surface area (Å²) in [6.45, 7) is 15.2. The van der Waals surface area contributed by atoms with Crippen LogP contribution in [-0.2, 0) is 237 Å². The van der Waals surface area contributed by atoms with E-state index in [0.717, 1.165) is 38.5 Å². The Morgan fingerprint density at radius 1 is 0.460 bits per heavy atom. The van der Waals surface area contributed by atoms with E-state index in [1.807, 2.05) is 0 Å². The summed E-state index contributed by atoms with van der Waals surface area (Å²) in [5.74, 6) is 0.976. The summed E-state index contributed by atoms with van der Waals surface area (Å²) in [4.78, 5) is 21.8. The number of rotatable bonds is 6. The van der Waals surface area contributed by atoms with Gasteiger partial charge >= 0.3 is 0 Å². The van der Waals surface area contributed by atoms with Crippen LogP contribution in [0.4, 0.5) is 0 Å². The maximum Gasteiger partial charge on any atom is 0.134 e. The first-order valence-electron chi connectivity index (χ1n) is 14.7. The van der Waals surface area contributed by atoms with Gasteiger partial charge in [0.05, 0.1) is 0 Å². The van der Waals surface area contributed by atoms with Gasteiger partial charge in [-0.05, 0) is 142 Å². The fraction of sp³-hybridized carbons (Fsp3) is 0.846. The molecule has 4 rings (SSSR count). The van der Waals surface area contributed by atoms with Crippen LogP contribution in [0.15, 0.2) is 0 Å². The molecule has 4 heterocycles. The maximum absolute atomic E-state index is 10.9. The normalized spacial score (nSPS) is 22.0. The topological polar surface area (TPSA) is 184 Å². The molecule has 0 N–H and O–H groups in total. The van der Waals surface area contributed by atoms with Crippen molar-refractivity contribution in [2.45, 2.75) is 65.2 Å². The van der Waals surface area contributed by atoms with Crippen LogP contribution in [0.5, 0.6) is 0 Å². The molecule has 4 fully saturated rings. The Morgan fingerprint density at radius 3 is 1.12 bits per heavy atom. The van der Waals surface area contributed by atoms with Crippen LogP contribution >= 0.6 is 0 Å². The Hall–Kier alpha value is 3.94. The zero-order chi connectivity index (χ0) is 33.4. The molecule has 0 aromatic rings. The number of hydrogen-bond acceptors (Lipinski definition) is 14. The fourth-order valence-corrected chi connectivity index (χ4v) is 7.25. The van der Waals surface area contributed by atoms with E-state index in [9.17, 15) is 43.3 Å². The van der Waals surface area contributed by atoms with Crippen molar-refractivity contribution in [3.05, 3.63) is 13.8 Å². The van der Waals surface area contributed by atoms with Crippen molar-refractivity contribution in [2.24, 2.45) is 23.7 Å². The van der Waals surface area contributed by atoms with Crippen molar-refractivity contribution in [3.63, 3.8) is 0 Å². The van der Waals surface area contributed by atoms with Crippen molar-refractivity contribution < 1.29 is 193 Å². The van der Waals surface area contributed by atoms with Gasteiger partial charge in [-0.15, -0.1) is 0 Å². The molecule has 4 aliphatic heterocycles. The van der Waals surface area contributed by atoms with Gasteiger partial charge in [0.2, 0.25) is 0 Å². The average molecular weight is 1620 g/mol. The Kier molecular flexibility index (Phi) is 49.0. The van der Waals surface area contributed by atoms with E-state index in [0.29, 0.717) is 71.1 Å². The number of carbonyl (C=O) groups excluding carboxylic acids is 2. The van der Waals surface area contributed by atoms with E-state index >= 15 is 0 Å². The second-order valence-electron chi connectivity index (χ2n) is 11.3. The SMILES string of the molecule is CC(=O)C1CCCN([S-](=O)=O)C1.CC(=O)C1CCN([S-](=O)=O)CC1.[CH2-]C1CCCN([S-](=O)=O)C1.[CH2-]C1CCN([S-](=O)=O)CC1.[W].[W].[W].[W].[Y].[Y]. The molecule has 0 spiro atoms. The van der Waals surface area contributed by atoms with E-state index in [2.05, 4.69) is 13.8 Å². The zero-order valence-electron chi connectivity index (χ0n) is 28.3. The predicted octanol–water partition coefficient (Wildman–Crippen LogP) is 2.52. The van der Waals surface area contributed by atoms with Crippen molar-refractivity contribution in [1.82, 2.24) is 17.2 Å². The first-order chi connectivity index (χ1) is 20.6. The third-order valence-corrected chi connectivity index (χ3v) is 11.0. The standard InChI is InChI=1S/2C7H12NO3S.2C6H11NO2S.4W.2Y/c1-6(9)7-2-4-8(5-3-7)12(10)11;1-6(9)7-3-2-4-8(5-7)12(10)11;1-6-2-4-7(5-3-6)10(8)9;1-6-3-2-4-7(5-6)10(8)9;;;;;;/h2*7H,2-5H2,1H3;2*6H,1-5H2;;;;;;/q2*-1;2*-2;;;;;;. The van der Waals surface area contributed by atoms with E-state index in [1.165, 1.54) is 24.1 Å². The van der Waals surface area contributed by atoms with Crippen LogP contribution in [0, 0.1) is 37.5 Å². The van der Waals surface area contributed by atoms with Gasteiger partial charge in [-0.1, -0.05) is 19.3 Å². The largest absolute Gasteiger partial charge is 0.409 e. The van der Waals surface area contributed by atoms with E-state index in [1.54, 1.807) is 6.92 Å². The Bertz CT molecular complexity index is 1210. The molecule has 0 bridgehead atoms. The molecule has 0 aromatic carbocycles. The van der Waals surface area contributed by atoms with E-state index < -0.39 is 43.6 Å².